The number of rotatable bonds is 5. The van der Waals surface area contributed by atoms with E-state index in [-0.39, 0.29) is 23.5 Å². The summed E-state index contributed by atoms with van der Waals surface area (Å²) >= 11 is 0. The van der Waals surface area contributed by atoms with Gasteiger partial charge in [0, 0.05) is 13.0 Å². The fourth-order valence-electron chi connectivity index (χ4n) is 1.43. The van der Waals surface area contributed by atoms with Gasteiger partial charge in [-0.1, -0.05) is 0 Å². The molecule has 0 spiro atoms. The van der Waals surface area contributed by atoms with Crippen molar-refractivity contribution in [1.29, 1.82) is 5.26 Å². The van der Waals surface area contributed by atoms with E-state index in [4.69, 9.17) is 11.0 Å². The van der Waals surface area contributed by atoms with Crippen molar-refractivity contribution in [2.75, 3.05) is 18.1 Å². The minimum Gasteiger partial charge on any atom is -0.329 e. The lowest BCUT2D eigenvalue weighted by Gasteiger charge is -2.10. The van der Waals surface area contributed by atoms with Gasteiger partial charge in [0.15, 0.2) is 9.84 Å². The average Bonchev–Trinajstić information content (AvgIpc) is 2.68. The van der Waals surface area contributed by atoms with E-state index in [9.17, 15) is 8.42 Å². The van der Waals surface area contributed by atoms with E-state index in [1.165, 1.54) is 0 Å². The van der Waals surface area contributed by atoms with Gasteiger partial charge in [-0.3, -0.25) is 0 Å². The van der Waals surface area contributed by atoms with E-state index in [1.807, 2.05) is 6.07 Å². The smallest absolute Gasteiger partial charge is 0.152 e. The number of nitriles is 1. The van der Waals surface area contributed by atoms with Crippen molar-refractivity contribution in [3.05, 3.63) is 0 Å². The summed E-state index contributed by atoms with van der Waals surface area (Å²) in [6.45, 7) is 0.172. The van der Waals surface area contributed by atoms with E-state index >= 15 is 0 Å². The number of hydrogen-bond acceptors (Lipinski definition) is 4. The van der Waals surface area contributed by atoms with E-state index < -0.39 is 9.84 Å². The van der Waals surface area contributed by atoms with E-state index in [2.05, 4.69) is 0 Å². The predicted octanol–water partition coefficient (Wildman–Crippen LogP) is 0.0538. The summed E-state index contributed by atoms with van der Waals surface area (Å²) in [4.78, 5) is 0. The first-order chi connectivity index (χ1) is 6.04. The molecule has 0 aromatic heterocycles. The van der Waals surface area contributed by atoms with Crippen molar-refractivity contribution in [2.24, 2.45) is 11.1 Å². The summed E-state index contributed by atoms with van der Waals surface area (Å²) in [6.07, 6.45) is 2.09. The van der Waals surface area contributed by atoms with Gasteiger partial charge in [-0.15, -0.1) is 0 Å². The molecule has 0 aromatic rings. The lowest BCUT2D eigenvalue weighted by molar-refractivity contribution is 0.548. The zero-order chi connectivity index (χ0) is 9.95. The molecule has 0 saturated heterocycles. The normalized spacial score (nSPS) is 19.4. The molecule has 2 N–H and O–H groups in total. The van der Waals surface area contributed by atoms with Crippen LogP contribution in [0.4, 0.5) is 0 Å². The molecule has 0 unspecified atom stereocenters. The quantitative estimate of drug-likeness (QED) is 0.683. The standard InChI is InChI=1S/C8H14N2O2S/c9-4-3-8(1-2-8)7-13(11,12)6-5-10/h1-3,5-7,10H2. The van der Waals surface area contributed by atoms with Gasteiger partial charge in [0.25, 0.3) is 0 Å². The Morgan fingerprint density at radius 2 is 2.08 bits per heavy atom. The third-order valence-electron chi connectivity index (χ3n) is 2.37. The second kappa shape index (κ2) is 3.64. The summed E-state index contributed by atoms with van der Waals surface area (Å²) in [7, 11) is -3.03. The number of nitrogens with zero attached hydrogens (tertiary/aromatic N) is 1. The Hall–Kier alpha value is -0.600. The van der Waals surface area contributed by atoms with E-state index in [1.54, 1.807) is 0 Å². The molecule has 0 aliphatic heterocycles. The number of hydrogen-bond donors (Lipinski definition) is 1. The maximum atomic E-state index is 11.4. The highest BCUT2D eigenvalue weighted by atomic mass is 32.2. The van der Waals surface area contributed by atoms with Crippen LogP contribution < -0.4 is 5.73 Å². The van der Waals surface area contributed by atoms with Crippen LogP contribution in [0.1, 0.15) is 19.3 Å². The molecule has 13 heavy (non-hydrogen) atoms. The molecule has 4 nitrogen and oxygen atoms in total. The SMILES string of the molecule is N#CCC1(CS(=O)(=O)CCN)CC1. The molecule has 0 aromatic carbocycles. The third-order valence-corrected chi connectivity index (χ3v) is 4.28. The molecule has 0 amide bonds. The van der Waals surface area contributed by atoms with Gasteiger partial charge in [0.2, 0.25) is 0 Å². The molecular formula is C8H14N2O2S. The average molecular weight is 202 g/mol. The first kappa shape index (κ1) is 10.5. The van der Waals surface area contributed by atoms with Crippen LogP contribution in [0.2, 0.25) is 0 Å². The molecule has 1 aliphatic carbocycles. The Morgan fingerprint density at radius 3 is 2.46 bits per heavy atom. The second-order valence-electron chi connectivity index (χ2n) is 3.72. The van der Waals surface area contributed by atoms with Crippen LogP contribution in [0.15, 0.2) is 0 Å². The Kier molecular flexibility index (Phi) is 2.94. The molecule has 0 atom stereocenters. The summed E-state index contributed by atoms with van der Waals surface area (Å²) in [5, 5.41) is 8.50. The molecule has 1 saturated carbocycles. The highest BCUT2D eigenvalue weighted by molar-refractivity contribution is 7.91. The summed E-state index contributed by atoms with van der Waals surface area (Å²) in [5.74, 6) is 0.185. The monoisotopic (exact) mass is 202 g/mol. The Balaban J connectivity index is 2.54. The Bertz CT molecular complexity index is 312. The first-order valence-electron chi connectivity index (χ1n) is 4.31. The fraction of sp³-hybridized carbons (Fsp3) is 0.875. The number of nitrogens with two attached hydrogens (primary N) is 1. The highest BCUT2D eigenvalue weighted by Gasteiger charge is 2.45. The zero-order valence-electron chi connectivity index (χ0n) is 7.49. The Labute approximate surface area is 78.6 Å². The predicted molar refractivity (Wildman–Crippen MR) is 49.6 cm³/mol. The summed E-state index contributed by atoms with van der Waals surface area (Å²) in [6, 6.07) is 2.04. The van der Waals surface area contributed by atoms with Crippen molar-refractivity contribution in [1.82, 2.24) is 0 Å². The van der Waals surface area contributed by atoms with Crippen LogP contribution in [0, 0.1) is 16.7 Å². The Morgan fingerprint density at radius 1 is 1.46 bits per heavy atom. The molecule has 1 aliphatic rings. The summed E-state index contributed by atoms with van der Waals surface area (Å²) < 4.78 is 22.7. The first-order valence-corrected chi connectivity index (χ1v) is 6.13. The van der Waals surface area contributed by atoms with Gasteiger partial charge >= 0.3 is 0 Å². The molecule has 1 rings (SSSR count). The topological polar surface area (TPSA) is 84.0 Å². The van der Waals surface area contributed by atoms with Crippen LogP contribution in [0.5, 0.6) is 0 Å². The van der Waals surface area contributed by atoms with Gasteiger partial charge in [0.1, 0.15) is 0 Å². The van der Waals surface area contributed by atoms with Crippen LogP contribution in [-0.4, -0.2) is 26.5 Å². The van der Waals surface area contributed by atoms with Gasteiger partial charge in [-0.2, -0.15) is 5.26 Å². The maximum Gasteiger partial charge on any atom is 0.152 e. The minimum atomic E-state index is -3.03. The van der Waals surface area contributed by atoms with Crippen LogP contribution >= 0.6 is 0 Å². The van der Waals surface area contributed by atoms with Crippen molar-refractivity contribution >= 4 is 9.84 Å². The lowest BCUT2D eigenvalue weighted by atomic mass is 10.1. The highest BCUT2D eigenvalue weighted by Crippen LogP contribution is 2.49. The van der Waals surface area contributed by atoms with Crippen LogP contribution in [0.25, 0.3) is 0 Å². The van der Waals surface area contributed by atoms with Gasteiger partial charge in [-0.05, 0) is 18.3 Å². The van der Waals surface area contributed by atoms with Crippen molar-refractivity contribution in [3.63, 3.8) is 0 Å². The van der Waals surface area contributed by atoms with Crippen LogP contribution in [0.3, 0.4) is 0 Å². The largest absolute Gasteiger partial charge is 0.329 e. The van der Waals surface area contributed by atoms with E-state index in [0.717, 1.165) is 12.8 Å². The summed E-state index contributed by atoms with van der Waals surface area (Å²) in [5.41, 5.74) is 4.96. The minimum absolute atomic E-state index is 0.0418. The van der Waals surface area contributed by atoms with Gasteiger partial charge in [-0.25, -0.2) is 8.42 Å². The van der Waals surface area contributed by atoms with Crippen LogP contribution in [-0.2, 0) is 9.84 Å². The van der Waals surface area contributed by atoms with Gasteiger partial charge < -0.3 is 5.73 Å². The van der Waals surface area contributed by atoms with E-state index in [0.29, 0.717) is 6.42 Å². The van der Waals surface area contributed by atoms with Crippen molar-refractivity contribution < 1.29 is 8.42 Å². The van der Waals surface area contributed by atoms with Crippen molar-refractivity contribution in [3.8, 4) is 6.07 Å². The van der Waals surface area contributed by atoms with Crippen molar-refractivity contribution in [2.45, 2.75) is 19.3 Å². The molecule has 0 heterocycles. The van der Waals surface area contributed by atoms with Gasteiger partial charge in [0.05, 0.1) is 17.6 Å². The molecule has 0 bridgehead atoms. The molecule has 0 radical (unpaired) electrons. The molecule has 74 valence electrons. The number of sulfone groups is 1. The second-order valence-corrected chi connectivity index (χ2v) is 5.90. The zero-order valence-corrected chi connectivity index (χ0v) is 8.31. The maximum absolute atomic E-state index is 11.4. The molecular weight excluding hydrogens is 188 g/mol. The molecule has 1 fully saturated rings. The lowest BCUT2D eigenvalue weighted by Crippen LogP contribution is -2.23. The third kappa shape index (κ3) is 2.98. The fourth-order valence-corrected chi connectivity index (χ4v) is 3.26. The molecule has 5 heteroatoms.